The molecule has 0 amide bonds. The summed E-state index contributed by atoms with van der Waals surface area (Å²) in [4.78, 5) is 23.4. The first-order valence-corrected chi connectivity index (χ1v) is 14.6. The summed E-state index contributed by atoms with van der Waals surface area (Å²) in [7, 11) is -5.03. The molecular weight excluding hydrogens is 492 g/mol. The minimum Gasteiger partial charge on any atom is -0.481 e. The van der Waals surface area contributed by atoms with Gasteiger partial charge in [0.25, 0.3) is 10.1 Å². The van der Waals surface area contributed by atoms with Crippen molar-refractivity contribution in [2.75, 3.05) is 52.6 Å². The lowest BCUT2D eigenvalue weighted by molar-refractivity contribution is -0.156. The maximum Gasteiger partial charge on any atom is 0.325 e. The van der Waals surface area contributed by atoms with Crippen LogP contribution in [0.1, 0.15) is 78.1 Å². The molecular formula is C24H48N2O9S. The highest BCUT2D eigenvalue weighted by atomic mass is 32.2. The third kappa shape index (κ3) is 15.1. The van der Waals surface area contributed by atoms with Gasteiger partial charge in [-0.15, -0.1) is 0 Å². The molecule has 0 aromatic rings. The third-order valence-corrected chi connectivity index (χ3v) is 7.34. The van der Waals surface area contributed by atoms with Crippen LogP contribution in [-0.2, 0) is 29.2 Å². The smallest absolute Gasteiger partial charge is 0.325 e. The van der Waals surface area contributed by atoms with Gasteiger partial charge >= 0.3 is 11.9 Å². The summed E-state index contributed by atoms with van der Waals surface area (Å²) in [5.41, 5.74) is -2.00. The zero-order chi connectivity index (χ0) is 27.3. The molecule has 2 aliphatic rings. The predicted octanol–water partition coefficient (Wildman–Crippen LogP) is 2.55. The predicted molar refractivity (Wildman–Crippen MR) is 138 cm³/mol. The van der Waals surface area contributed by atoms with Crippen LogP contribution < -0.4 is 10.6 Å². The molecule has 0 spiro atoms. The first kappa shape index (κ1) is 34.7. The molecule has 36 heavy (non-hydrogen) atoms. The number of aliphatic carboxylic acids is 2. The number of hydrogen-bond donors (Lipinski definition) is 5. The van der Waals surface area contributed by atoms with Gasteiger partial charge in [-0.3, -0.25) is 14.1 Å². The van der Waals surface area contributed by atoms with E-state index in [0.717, 1.165) is 78.3 Å². The second kappa shape index (κ2) is 20.7. The van der Waals surface area contributed by atoms with Gasteiger partial charge in [-0.05, 0) is 12.8 Å². The zero-order valence-corrected chi connectivity index (χ0v) is 22.8. The van der Waals surface area contributed by atoms with Gasteiger partial charge in [0.15, 0.2) is 5.25 Å². The highest BCUT2D eigenvalue weighted by molar-refractivity contribution is 7.87. The highest BCUT2D eigenvalue weighted by Crippen LogP contribution is 2.39. The van der Waals surface area contributed by atoms with Gasteiger partial charge in [-0.2, -0.15) is 8.42 Å². The van der Waals surface area contributed by atoms with Crippen LogP contribution in [0.3, 0.4) is 0 Å². The van der Waals surface area contributed by atoms with E-state index >= 15 is 0 Å². The lowest BCUT2D eigenvalue weighted by atomic mass is 9.74. The molecule has 2 aliphatic heterocycles. The fraction of sp³-hybridized carbons (Fsp3) is 0.917. The van der Waals surface area contributed by atoms with Crippen LogP contribution in [0.2, 0.25) is 0 Å². The van der Waals surface area contributed by atoms with Gasteiger partial charge in [0.2, 0.25) is 0 Å². The van der Waals surface area contributed by atoms with Gasteiger partial charge in [-0.25, -0.2) is 0 Å². The molecule has 12 heteroatoms. The number of rotatable bonds is 14. The van der Waals surface area contributed by atoms with Gasteiger partial charge in [-0.1, -0.05) is 65.2 Å². The molecule has 2 saturated heterocycles. The number of carboxylic acids is 2. The Morgan fingerprint density at radius 2 is 1.17 bits per heavy atom. The van der Waals surface area contributed by atoms with Crippen molar-refractivity contribution in [2.24, 2.45) is 5.41 Å². The van der Waals surface area contributed by atoms with Crippen molar-refractivity contribution >= 4 is 22.1 Å². The molecule has 5 N–H and O–H groups in total. The average Bonchev–Trinajstić information content (AvgIpc) is 2.86. The molecule has 11 nitrogen and oxygen atoms in total. The summed E-state index contributed by atoms with van der Waals surface area (Å²) in [5, 5.41) is 23.0. The molecule has 0 aliphatic carbocycles. The molecule has 1 unspecified atom stereocenters. The molecule has 1 atom stereocenters. The summed E-state index contributed by atoms with van der Waals surface area (Å²) in [6, 6.07) is 0. The molecule has 2 rings (SSSR count). The molecule has 0 radical (unpaired) electrons. The van der Waals surface area contributed by atoms with Crippen LogP contribution in [0, 0.1) is 5.41 Å². The number of morpholine rings is 2. The van der Waals surface area contributed by atoms with Gasteiger partial charge in [0, 0.05) is 26.2 Å². The second-order valence-electron chi connectivity index (χ2n) is 9.04. The highest BCUT2D eigenvalue weighted by Gasteiger charge is 2.55. The number of ether oxygens (including phenoxy) is 2. The molecule has 0 aromatic heterocycles. The molecule has 2 fully saturated rings. The summed E-state index contributed by atoms with van der Waals surface area (Å²) < 4.78 is 42.6. The van der Waals surface area contributed by atoms with E-state index < -0.39 is 32.7 Å². The Morgan fingerprint density at radius 3 is 1.36 bits per heavy atom. The van der Waals surface area contributed by atoms with E-state index in [1.807, 2.05) is 13.8 Å². The Hall–Kier alpha value is -1.31. The maximum absolute atomic E-state index is 11.9. The fourth-order valence-corrected chi connectivity index (χ4v) is 5.29. The Kier molecular flexibility index (Phi) is 20.0. The summed E-state index contributed by atoms with van der Waals surface area (Å²) in [6.07, 6.45) is 5.59. The van der Waals surface area contributed by atoms with E-state index in [1.165, 1.54) is 0 Å². The monoisotopic (exact) mass is 540 g/mol. The van der Waals surface area contributed by atoms with Crippen LogP contribution in [0.15, 0.2) is 0 Å². The maximum atomic E-state index is 11.9. The van der Waals surface area contributed by atoms with Gasteiger partial charge in [0.1, 0.15) is 0 Å². The average molecular weight is 541 g/mol. The fourth-order valence-electron chi connectivity index (χ4n) is 4.13. The lowest BCUT2D eigenvalue weighted by Crippen LogP contribution is -2.51. The molecule has 0 saturated carbocycles. The number of carboxylic acid groups (broad SMARTS) is 2. The second-order valence-corrected chi connectivity index (χ2v) is 10.5. The first-order chi connectivity index (χ1) is 17.1. The Morgan fingerprint density at radius 1 is 0.778 bits per heavy atom. The van der Waals surface area contributed by atoms with Crippen LogP contribution in [0.4, 0.5) is 0 Å². The van der Waals surface area contributed by atoms with Crippen molar-refractivity contribution in [3.05, 3.63) is 0 Å². The topological polar surface area (TPSA) is 171 Å². The molecule has 0 bridgehead atoms. The van der Waals surface area contributed by atoms with Crippen molar-refractivity contribution < 1.29 is 42.2 Å². The van der Waals surface area contributed by atoms with Crippen molar-refractivity contribution in [1.29, 1.82) is 0 Å². The minimum absolute atomic E-state index is 0.0782. The van der Waals surface area contributed by atoms with E-state index in [9.17, 15) is 32.8 Å². The van der Waals surface area contributed by atoms with Crippen molar-refractivity contribution in [3.8, 4) is 0 Å². The summed E-state index contributed by atoms with van der Waals surface area (Å²) in [6.45, 7) is 11.6. The number of nitrogens with one attached hydrogen (secondary N) is 2. The van der Waals surface area contributed by atoms with Crippen molar-refractivity contribution in [1.82, 2.24) is 10.6 Å². The third-order valence-electron chi connectivity index (χ3n) is 6.10. The van der Waals surface area contributed by atoms with E-state index in [0.29, 0.717) is 25.7 Å². The molecule has 214 valence electrons. The standard InChI is InChI=1S/C16H30O7S.2C4H9NO/c1-3-5-7-9-11-16(15(19)20,12-10-8-6-4-2)13(14(17)18)24(21,22)23;2*1-3-6-4-2-5-1/h13H,3-12H2,1-2H3,(H,17,18)(H,19,20)(H,21,22,23);2*5H,1-4H2. The van der Waals surface area contributed by atoms with Crippen molar-refractivity contribution in [2.45, 2.75) is 83.3 Å². The van der Waals surface area contributed by atoms with Crippen molar-refractivity contribution in [3.63, 3.8) is 0 Å². The summed E-state index contributed by atoms with van der Waals surface area (Å²) in [5.74, 6) is -3.29. The SMILES string of the molecule is C1COCCN1.C1COCCN1.CCCCCCC(CCCCCC)(C(=O)O)C(C(=O)O)S(=O)(=O)O. The Labute approximate surface area is 216 Å². The Bertz CT molecular complexity index is 634. The van der Waals surface area contributed by atoms with Crippen LogP contribution in [0.5, 0.6) is 0 Å². The Balaban J connectivity index is 0.000000811. The normalized spacial score (nSPS) is 17.1. The van der Waals surface area contributed by atoms with Crippen LogP contribution in [0.25, 0.3) is 0 Å². The first-order valence-electron chi connectivity index (χ1n) is 13.1. The quantitative estimate of drug-likeness (QED) is 0.162. The van der Waals surface area contributed by atoms with E-state index in [1.54, 1.807) is 0 Å². The zero-order valence-electron chi connectivity index (χ0n) is 22.0. The minimum atomic E-state index is -5.03. The molecule has 0 aromatic carbocycles. The number of hydrogen-bond acceptors (Lipinski definition) is 8. The van der Waals surface area contributed by atoms with E-state index in [4.69, 9.17) is 9.47 Å². The number of unbranched alkanes of at least 4 members (excludes halogenated alkanes) is 6. The summed E-state index contributed by atoms with van der Waals surface area (Å²) >= 11 is 0. The number of carbonyl (C=O) groups is 2. The van der Waals surface area contributed by atoms with E-state index in [2.05, 4.69) is 10.6 Å². The van der Waals surface area contributed by atoms with Gasteiger partial charge in [0.05, 0.1) is 31.8 Å². The van der Waals surface area contributed by atoms with Gasteiger partial charge < -0.3 is 30.3 Å². The lowest BCUT2D eigenvalue weighted by Gasteiger charge is -2.33. The van der Waals surface area contributed by atoms with E-state index in [-0.39, 0.29) is 12.8 Å². The molecule has 2 heterocycles. The van der Waals surface area contributed by atoms with Crippen LogP contribution in [-0.4, -0.2) is 93.0 Å². The van der Waals surface area contributed by atoms with Crippen LogP contribution >= 0.6 is 0 Å². The largest absolute Gasteiger partial charge is 0.481 e.